The fourth-order valence-electron chi connectivity index (χ4n) is 4.13. The van der Waals surface area contributed by atoms with Gasteiger partial charge in [0, 0.05) is 26.2 Å². The standard InChI is InChI=1S/C24H35N5O3S/c1-18(2)20-7-5-19(6-8-20)9-10-25-22(30)17-33-24-27-26-23(28-11-14-31-15-12-28)29(24)16-21-4-3-13-32-21/h5-8,18,21H,3-4,9-17H2,1-2H3,(H,25,30). The number of hydrogen-bond donors (Lipinski definition) is 1. The van der Waals surface area contributed by atoms with E-state index in [1.165, 1.54) is 22.9 Å². The van der Waals surface area contributed by atoms with Crippen LogP contribution < -0.4 is 10.2 Å². The number of nitrogens with zero attached hydrogens (tertiary/aromatic N) is 4. The van der Waals surface area contributed by atoms with Crippen LogP contribution in [0, 0.1) is 0 Å². The lowest BCUT2D eigenvalue weighted by molar-refractivity contribution is -0.118. The molecule has 0 radical (unpaired) electrons. The van der Waals surface area contributed by atoms with E-state index in [1.807, 2.05) is 0 Å². The zero-order valence-electron chi connectivity index (χ0n) is 19.7. The summed E-state index contributed by atoms with van der Waals surface area (Å²) in [6.45, 7) is 9.52. The molecule has 180 valence electrons. The largest absolute Gasteiger partial charge is 0.378 e. The van der Waals surface area contributed by atoms with E-state index in [0.29, 0.717) is 31.4 Å². The molecule has 1 unspecified atom stereocenters. The van der Waals surface area contributed by atoms with Crippen molar-refractivity contribution in [1.29, 1.82) is 0 Å². The number of amides is 1. The molecule has 1 atom stereocenters. The van der Waals surface area contributed by atoms with Crippen molar-refractivity contribution < 1.29 is 14.3 Å². The molecule has 1 amide bonds. The summed E-state index contributed by atoms with van der Waals surface area (Å²) < 4.78 is 13.5. The van der Waals surface area contributed by atoms with E-state index >= 15 is 0 Å². The minimum atomic E-state index is 0.0124. The van der Waals surface area contributed by atoms with Gasteiger partial charge in [-0.05, 0) is 36.3 Å². The van der Waals surface area contributed by atoms with Crippen LogP contribution in [0.1, 0.15) is 43.7 Å². The predicted octanol–water partition coefficient (Wildman–Crippen LogP) is 2.87. The first kappa shape index (κ1) is 24.0. The van der Waals surface area contributed by atoms with Gasteiger partial charge in [0.2, 0.25) is 11.9 Å². The van der Waals surface area contributed by atoms with Crippen LogP contribution in [0.25, 0.3) is 0 Å². The highest BCUT2D eigenvalue weighted by molar-refractivity contribution is 7.99. The molecule has 9 heteroatoms. The smallest absolute Gasteiger partial charge is 0.230 e. The number of aromatic nitrogens is 3. The van der Waals surface area contributed by atoms with E-state index in [1.54, 1.807) is 0 Å². The van der Waals surface area contributed by atoms with Crippen LogP contribution in [0.4, 0.5) is 5.95 Å². The summed E-state index contributed by atoms with van der Waals surface area (Å²) in [6.07, 6.45) is 3.13. The van der Waals surface area contributed by atoms with Crippen molar-refractivity contribution in [2.24, 2.45) is 0 Å². The number of hydrogen-bond acceptors (Lipinski definition) is 7. The third-order valence-electron chi connectivity index (χ3n) is 6.12. The Hall–Kier alpha value is -2.10. The molecule has 3 heterocycles. The third kappa shape index (κ3) is 6.71. The highest BCUT2D eigenvalue weighted by Gasteiger charge is 2.25. The average molecular weight is 474 g/mol. The minimum Gasteiger partial charge on any atom is -0.378 e. The van der Waals surface area contributed by atoms with E-state index in [4.69, 9.17) is 9.47 Å². The van der Waals surface area contributed by atoms with Crippen molar-refractivity contribution in [3.05, 3.63) is 35.4 Å². The molecule has 1 aromatic heterocycles. The van der Waals surface area contributed by atoms with Gasteiger partial charge >= 0.3 is 0 Å². The van der Waals surface area contributed by atoms with E-state index in [2.05, 4.69) is 63.1 Å². The van der Waals surface area contributed by atoms with Crippen molar-refractivity contribution in [2.45, 2.75) is 56.8 Å². The van der Waals surface area contributed by atoms with Crippen LogP contribution in [-0.4, -0.2) is 72.0 Å². The number of benzene rings is 1. The number of morpholine rings is 1. The molecule has 33 heavy (non-hydrogen) atoms. The number of anilines is 1. The monoisotopic (exact) mass is 473 g/mol. The average Bonchev–Trinajstić information content (AvgIpc) is 3.49. The fraction of sp³-hybridized carbons (Fsp3) is 0.625. The first-order valence-electron chi connectivity index (χ1n) is 12.0. The van der Waals surface area contributed by atoms with Gasteiger partial charge in [0.1, 0.15) is 0 Å². The highest BCUT2D eigenvalue weighted by Crippen LogP contribution is 2.25. The molecule has 2 fully saturated rings. The van der Waals surface area contributed by atoms with Crippen LogP contribution in [0.3, 0.4) is 0 Å². The second-order valence-corrected chi connectivity index (χ2v) is 9.86. The predicted molar refractivity (Wildman–Crippen MR) is 130 cm³/mol. The Balaban J connectivity index is 1.30. The second-order valence-electron chi connectivity index (χ2n) is 8.91. The second kappa shape index (κ2) is 11.9. The minimum absolute atomic E-state index is 0.0124. The van der Waals surface area contributed by atoms with Gasteiger partial charge in [-0.3, -0.25) is 9.36 Å². The van der Waals surface area contributed by atoms with Gasteiger partial charge < -0.3 is 19.7 Å². The van der Waals surface area contributed by atoms with Crippen molar-refractivity contribution in [1.82, 2.24) is 20.1 Å². The van der Waals surface area contributed by atoms with Crippen molar-refractivity contribution in [3.8, 4) is 0 Å². The maximum absolute atomic E-state index is 12.5. The summed E-state index contributed by atoms with van der Waals surface area (Å²) in [5.41, 5.74) is 2.57. The Kier molecular flexibility index (Phi) is 8.63. The Morgan fingerprint density at radius 1 is 1.18 bits per heavy atom. The number of ether oxygens (including phenoxy) is 2. The Morgan fingerprint density at radius 3 is 2.67 bits per heavy atom. The summed E-state index contributed by atoms with van der Waals surface area (Å²) in [4.78, 5) is 14.7. The quantitative estimate of drug-likeness (QED) is 0.532. The summed E-state index contributed by atoms with van der Waals surface area (Å²) in [6, 6.07) is 8.64. The maximum atomic E-state index is 12.5. The van der Waals surface area contributed by atoms with Gasteiger partial charge in [0.05, 0.1) is 31.6 Å². The lowest BCUT2D eigenvalue weighted by Gasteiger charge is -2.28. The summed E-state index contributed by atoms with van der Waals surface area (Å²) in [7, 11) is 0. The first-order valence-corrected chi connectivity index (χ1v) is 12.9. The molecular weight excluding hydrogens is 438 g/mol. The molecule has 2 aromatic rings. The van der Waals surface area contributed by atoms with Crippen molar-refractivity contribution >= 4 is 23.6 Å². The van der Waals surface area contributed by atoms with Crippen LogP contribution in [0.2, 0.25) is 0 Å². The van der Waals surface area contributed by atoms with Crippen molar-refractivity contribution in [3.63, 3.8) is 0 Å². The van der Waals surface area contributed by atoms with Crippen molar-refractivity contribution in [2.75, 3.05) is 50.1 Å². The van der Waals surface area contributed by atoms with Gasteiger partial charge in [-0.25, -0.2) is 0 Å². The summed E-state index contributed by atoms with van der Waals surface area (Å²) in [5, 5.41) is 12.7. The number of carbonyl (C=O) groups is 1. The van der Waals surface area contributed by atoms with Crippen LogP contribution >= 0.6 is 11.8 Å². The topological polar surface area (TPSA) is 81.5 Å². The Morgan fingerprint density at radius 2 is 1.97 bits per heavy atom. The zero-order valence-corrected chi connectivity index (χ0v) is 20.5. The first-order chi connectivity index (χ1) is 16.1. The van der Waals surface area contributed by atoms with Crippen LogP contribution in [0.15, 0.2) is 29.4 Å². The Labute approximate surface area is 200 Å². The molecule has 2 aliphatic heterocycles. The van der Waals surface area contributed by atoms with Gasteiger partial charge in [-0.2, -0.15) is 0 Å². The summed E-state index contributed by atoms with van der Waals surface area (Å²) >= 11 is 1.44. The van der Waals surface area contributed by atoms with E-state index in [-0.39, 0.29) is 12.0 Å². The molecule has 1 N–H and O–H groups in total. The highest BCUT2D eigenvalue weighted by atomic mass is 32.2. The molecular formula is C24H35N5O3S. The number of nitrogens with one attached hydrogen (secondary N) is 1. The fourth-order valence-corrected chi connectivity index (χ4v) is 4.91. The molecule has 2 aliphatic rings. The lowest BCUT2D eigenvalue weighted by Crippen LogP contribution is -2.38. The molecule has 0 saturated carbocycles. The van der Waals surface area contributed by atoms with E-state index < -0.39 is 0 Å². The number of thioether (sulfide) groups is 1. The zero-order chi connectivity index (χ0) is 23.0. The molecule has 0 spiro atoms. The van der Waals surface area contributed by atoms with Gasteiger partial charge in [-0.1, -0.05) is 49.9 Å². The van der Waals surface area contributed by atoms with Gasteiger partial charge in [-0.15, -0.1) is 10.2 Å². The van der Waals surface area contributed by atoms with Gasteiger partial charge in [0.25, 0.3) is 0 Å². The van der Waals surface area contributed by atoms with Gasteiger partial charge in [0.15, 0.2) is 5.16 Å². The van der Waals surface area contributed by atoms with E-state index in [9.17, 15) is 4.79 Å². The third-order valence-corrected chi connectivity index (χ3v) is 7.08. The van der Waals surface area contributed by atoms with Crippen LogP contribution in [0.5, 0.6) is 0 Å². The van der Waals surface area contributed by atoms with Crippen LogP contribution in [-0.2, 0) is 27.2 Å². The Bertz CT molecular complexity index is 890. The normalized spacial score (nSPS) is 18.8. The molecule has 8 nitrogen and oxygen atoms in total. The maximum Gasteiger partial charge on any atom is 0.230 e. The molecule has 0 bridgehead atoms. The molecule has 0 aliphatic carbocycles. The summed E-state index contributed by atoms with van der Waals surface area (Å²) in [5.74, 6) is 1.71. The SMILES string of the molecule is CC(C)c1ccc(CCNC(=O)CSc2nnc(N3CCOCC3)n2CC2CCCO2)cc1. The molecule has 1 aromatic carbocycles. The molecule has 2 saturated heterocycles. The molecule has 4 rings (SSSR count). The van der Waals surface area contributed by atoms with E-state index in [0.717, 1.165) is 56.6 Å². The number of rotatable bonds is 10. The number of carbonyl (C=O) groups excluding carboxylic acids is 1. The lowest BCUT2D eigenvalue weighted by atomic mass is 10.0.